The molecule has 1 unspecified atom stereocenters. The lowest BCUT2D eigenvalue weighted by atomic mass is 10.1. The standard InChI is InChI=1S/C10H13NO2S/c1-2-11-6-7(1)9-5-8-10(14-9)13-4-3-12-8/h5,7,11H,1-4,6H2. The van der Waals surface area contributed by atoms with Crippen molar-refractivity contribution >= 4 is 11.3 Å². The summed E-state index contributed by atoms with van der Waals surface area (Å²) >= 11 is 1.75. The molecule has 2 aliphatic rings. The fourth-order valence-corrected chi connectivity index (χ4v) is 3.07. The molecular formula is C10H13NO2S. The van der Waals surface area contributed by atoms with Gasteiger partial charge in [0.15, 0.2) is 5.75 Å². The third kappa shape index (κ3) is 1.38. The van der Waals surface area contributed by atoms with E-state index >= 15 is 0 Å². The van der Waals surface area contributed by atoms with E-state index in [-0.39, 0.29) is 0 Å². The van der Waals surface area contributed by atoms with E-state index in [2.05, 4.69) is 11.4 Å². The molecule has 1 aromatic rings. The Morgan fingerprint density at radius 3 is 3.07 bits per heavy atom. The predicted octanol–water partition coefficient (Wildman–Crippen LogP) is 1.60. The van der Waals surface area contributed by atoms with Crippen LogP contribution >= 0.6 is 11.3 Å². The van der Waals surface area contributed by atoms with E-state index in [1.54, 1.807) is 11.3 Å². The normalized spacial score (nSPS) is 25.3. The van der Waals surface area contributed by atoms with Crippen molar-refractivity contribution in [1.29, 1.82) is 0 Å². The zero-order valence-electron chi connectivity index (χ0n) is 7.91. The lowest BCUT2D eigenvalue weighted by Gasteiger charge is -2.13. The molecule has 14 heavy (non-hydrogen) atoms. The Hall–Kier alpha value is -0.740. The van der Waals surface area contributed by atoms with Crippen LogP contribution in [0.15, 0.2) is 6.07 Å². The molecule has 0 aliphatic carbocycles. The molecule has 0 saturated carbocycles. The Labute approximate surface area is 87.0 Å². The minimum absolute atomic E-state index is 0.665. The molecule has 3 nitrogen and oxygen atoms in total. The molecular weight excluding hydrogens is 198 g/mol. The Balaban J connectivity index is 1.87. The fourth-order valence-electron chi connectivity index (χ4n) is 1.96. The second-order valence-electron chi connectivity index (χ2n) is 3.69. The summed E-state index contributed by atoms with van der Waals surface area (Å²) in [5, 5.41) is 4.35. The molecule has 1 N–H and O–H groups in total. The van der Waals surface area contributed by atoms with Crippen LogP contribution in [0.5, 0.6) is 10.8 Å². The number of hydrogen-bond acceptors (Lipinski definition) is 4. The zero-order chi connectivity index (χ0) is 9.38. The lowest BCUT2D eigenvalue weighted by molar-refractivity contribution is 0.178. The van der Waals surface area contributed by atoms with Crippen molar-refractivity contribution in [2.24, 2.45) is 0 Å². The molecule has 3 rings (SSSR count). The van der Waals surface area contributed by atoms with Gasteiger partial charge in [-0.2, -0.15) is 0 Å². The van der Waals surface area contributed by atoms with Crippen LogP contribution in [-0.2, 0) is 0 Å². The minimum atomic E-state index is 0.665. The van der Waals surface area contributed by atoms with Gasteiger partial charge in [0, 0.05) is 17.3 Å². The maximum Gasteiger partial charge on any atom is 0.217 e. The molecule has 2 aliphatic heterocycles. The Bertz CT molecular complexity index is 307. The van der Waals surface area contributed by atoms with Crippen molar-refractivity contribution in [3.05, 3.63) is 10.9 Å². The first-order valence-corrected chi connectivity index (χ1v) is 5.85. The summed E-state index contributed by atoms with van der Waals surface area (Å²) in [5.41, 5.74) is 0. The molecule has 0 amide bonds. The summed E-state index contributed by atoms with van der Waals surface area (Å²) in [6.45, 7) is 3.61. The lowest BCUT2D eigenvalue weighted by Crippen LogP contribution is -2.13. The van der Waals surface area contributed by atoms with Gasteiger partial charge >= 0.3 is 0 Å². The van der Waals surface area contributed by atoms with Gasteiger partial charge in [0.05, 0.1) is 0 Å². The highest BCUT2D eigenvalue weighted by molar-refractivity contribution is 7.14. The van der Waals surface area contributed by atoms with E-state index in [4.69, 9.17) is 9.47 Å². The third-order valence-electron chi connectivity index (χ3n) is 2.72. The van der Waals surface area contributed by atoms with Gasteiger partial charge in [-0.05, 0) is 19.0 Å². The molecule has 0 aromatic carbocycles. The minimum Gasteiger partial charge on any atom is -0.485 e. The summed E-state index contributed by atoms with van der Waals surface area (Å²) < 4.78 is 11.1. The van der Waals surface area contributed by atoms with E-state index in [0.29, 0.717) is 19.1 Å². The summed E-state index contributed by atoms with van der Waals surface area (Å²) in [5.74, 6) is 1.61. The molecule has 1 fully saturated rings. The molecule has 0 radical (unpaired) electrons. The third-order valence-corrected chi connectivity index (χ3v) is 3.91. The highest BCUT2D eigenvalue weighted by atomic mass is 32.1. The number of thiophene rings is 1. The first-order chi connectivity index (χ1) is 6.93. The van der Waals surface area contributed by atoms with Gasteiger partial charge in [0.1, 0.15) is 13.2 Å². The molecule has 1 aromatic heterocycles. The van der Waals surface area contributed by atoms with E-state index in [9.17, 15) is 0 Å². The van der Waals surface area contributed by atoms with Gasteiger partial charge in [-0.25, -0.2) is 0 Å². The maximum absolute atomic E-state index is 5.54. The SMILES string of the molecule is c1c(C2CCNC2)sc2c1OCCO2. The van der Waals surface area contributed by atoms with Crippen LogP contribution in [-0.4, -0.2) is 26.3 Å². The summed E-state index contributed by atoms with van der Waals surface area (Å²) in [6, 6.07) is 2.15. The average molecular weight is 211 g/mol. The zero-order valence-corrected chi connectivity index (χ0v) is 8.73. The molecule has 1 saturated heterocycles. The van der Waals surface area contributed by atoms with Crippen LogP contribution in [0.3, 0.4) is 0 Å². The molecule has 3 heterocycles. The van der Waals surface area contributed by atoms with Gasteiger partial charge in [-0.15, -0.1) is 0 Å². The Morgan fingerprint density at radius 1 is 1.36 bits per heavy atom. The smallest absolute Gasteiger partial charge is 0.217 e. The van der Waals surface area contributed by atoms with Gasteiger partial charge in [-0.3, -0.25) is 0 Å². The van der Waals surface area contributed by atoms with Crippen molar-refractivity contribution < 1.29 is 9.47 Å². The van der Waals surface area contributed by atoms with Crippen LogP contribution in [0.4, 0.5) is 0 Å². The van der Waals surface area contributed by atoms with Crippen molar-refractivity contribution in [3.8, 4) is 10.8 Å². The molecule has 0 bridgehead atoms. The highest BCUT2D eigenvalue weighted by Gasteiger charge is 2.23. The van der Waals surface area contributed by atoms with Crippen LogP contribution < -0.4 is 14.8 Å². The first kappa shape index (κ1) is 8.56. The van der Waals surface area contributed by atoms with Crippen molar-refractivity contribution in [3.63, 3.8) is 0 Å². The van der Waals surface area contributed by atoms with E-state index in [1.807, 2.05) is 0 Å². The molecule has 0 spiro atoms. The summed E-state index contributed by atoms with van der Waals surface area (Å²) in [7, 11) is 0. The number of rotatable bonds is 1. The first-order valence-electron chi connectivity index (χ1n) is 5.03. The highest BCUT2D eigenvalue weighted by Crippen LogP contribution is 2.43. The maximum atomic E-state index is 5.54. The van der Waals surface area contributed by atoms with Gasteiger partial charge in [-0.1, -0.05) is 11.3 Å². The van der Waals surface area contributed by atoms with Crippen LogP contribution in [0.25, 0.3) is 0 Å². The number of hydrogen-bond donors (Lipinski definition) is 1. The van der Waals surface area contributed by atoms with Crippen LogP contribution in [0, 0.1) is 0 Å². The topological polar surface area (TPSA) is 30.5 Å². The van der Waals surface area contributed by atoms with Gasteiger partial charge in [0.25, 0.3) is 0 Å². The monoisotopic (exact) mass is 211 g/mol. The average Bonchev–Trinajstić information content (AvgIpc) is 2.86. The Kier molecular flexibility index (Phi) is 2.10. The molecule has 76 valence electrons. The number of nitrogens with one attached hydrogen (secondary N) is 1. The van der Waals surface area contributed by atoms with Crippen LogP contribution in [0.1, 0.15) is 17.2 Å². The largest absolute Gasteiger partial charge is 0.485 e. The predicted molar refractivity (Wildman–Crippen MR) is 55.5 cm³/mol. The summed E-state index contributed by atoms with van der Waals surface area (Å²) in [4.78, 5) is 1.40. The molecule has 4 heteroatoms. The van der Waals surface area contributed by atoms with Crippen molar-refractivity contribution in [2.75, 3.05) is 26.3 Å². The van der Waals surface area contributed by atoms with Gasteiger partial charge < -0.3 is 14.8 Å². The van der Waals surface area contributed by atoms with E-state index < -0.39 is 0 Å². The van der Waals surface area contributed by atoms with Crippen LogP contribution in [0.2, 0.25) is 0 Å². The van der Waals surface area contributed by atoms with Gasteiger partial charge in [0.2, 0.25) is 5.06 Å². The summed E-state index contributed by atoms with van der Waals surface area (Å²) in [6.07, 6.45) is 1.24. The number of ether oxygens (including phenoxy) is 2. The van der Waals surface area contributed by atoms with Crippen molar-refractivity contribution in [1.82, 2.24) is 5.32 Å². The Morgan fingerprint density at radius 2 is 2.29 bits per heavy atom. The van der Waals surface area contributed by atoms with E-state index in [0.717, 1.165) is 23.9 Å². The van der Waals surface area contributed by atoms with Crippen molar-refractivity contribution in [2.45, 2.75) is 12.3 Å². The second kappa shape index (κ2) is 3.44. The second-order valence-corrected chi connectivity index (χ2v) is 4.73. The number of fused-ring (bicyclic) bond motifs is 1. The fraction of sp³-hybridized carbons (Fsp3) is 0.600. The molecule has 1 atom stereocenters. The van der Waals surface area contributed by atoms with E-state index in [1.165, 1.54) is 11.3 Å². The quantitative estimate of drug-likeness (QED) is 0.765.